The molecule has 22 heavy (non-hydrogen) atoms. The summed E-state index contributed by atoms with van der Waals surface area (Å²) in [5.41, 5.74) is 1.99. The lowest BCUT2D eigenvalue weighted by atomic mass is 9.91. The highest BCUT2D eigenvalue weighted by atomic mass is 16.5. The molecule has 1 fully saturated rings. The van der Waals surface area contributed by atoms with E-state index in [0.29, 0.717) is 5.82 Å². The van der Waals surface area contributed by atoms with Gasteiger partial charge in [-0.2, -0.15) is 9.78 Å². The number of ether oxygens (including phenoxy) is 1. The van der Waals surface area contributed by atoms with Crippen LogP contribution in [0.5, 0.6) is 5.88 Å². The number of hydrogen-bond acceptors (Lipinski definition) is 5. The molecular formula is C16H20N4O2. The standard InChI is InChI=1S/C16H20N4O2/c21-16-15-12(18-20(16)14-6-1-2-7-17-14)4-3-5-13(15)19-8-10-22-11-9-19/h1-2,6-7,13,21H,3-5,8-11H2. The molecule has 116 valence electrons. The molecule has 6 heteroatoms. The summed E-state index contributed by atoms with van der Waals surface area (Å²) < 4.78 is 7.02. The van der Waals surface area contributed by atoms with Gasteiger partial charge < -0.3 is 9.84 Å². The summed E-state index contributed by atoms with van der Waals surface area (Å²) >= 11 is 0. The van der Waals surface area contributed by atoms with E-state index in [4.69, 9.17) is 4.74 Å². The molecule has 0 saturated carbocycles. The van der Waals surface area contributed by atoms with Crippen molar-refractivity contribution < 1.29 is 9.84 Å². The van der Waals surface area contributed by atoms with Crippen molar-refractivity contribution >= 4 is 0 Å². The Balaban J connectivity index is 1.73. The maximum absolute atomic E-state index is 10.7. The summed E-state index contributed by atoms with van der Waals surface area (Å²) in [5.74, 6) is 0.903. The first kappa shape index (κ1) is 13.7. The van der Waals surface area contributed by atoms with Gasteiger partial charge in [0.05, 0.1) is 24.5 Å². The average molecular weight is 300 g/mol. The maximum atomic E-state index is 10.7. The van der Waals surface area contributed by atoms with Crippen molar-refractivity contribution in [2.75, 3.05) is 26.3 Å². The van der Waals surface area contributed by atoms with Crippen LogP contribution in [0.25, 0.3) is 5.82 Å². The molecule has 4 rings (SSSR count). The van der Waals surface area contributed by atoms with Gasteiger partial charge in [-0.1, -0.05) is 6.07 Å². The van der Waals surface area contributed by atoms with E-state index >= 15 is 0 Å². The number of aryl methyl sites for hydroxylation is 1. The van der Waals surface area contributed by atoms with Gasteiger partial charge in [-0.15, -0.1) is 0 Å². The Hall–Kier alpha value is -1.92. The van der Waals surface area contributed by atoms with Crippen molar-refractivity contribution in [1.82, 2.24) is 19.7 Å². The van der Waals surface area contributed by atoms with Crippen LogP contribution in [0.2, 0.25) is 0 Å². The minimum absolute atomic E-state index is 0.241. The number of morpholine rings is 1. The summed E-state index contributed by atoms with van der Waals surface area (Å²) in [6, 6.07) is 5.87. The molecule has 0 bridgehead atoms. The summed E-state index contributed by atoms with van der Waals surface area (Å²) in [6.07, 6.45) is 4.81. The lowest BCUT2D eigenvalue weighted by Crippen LogP contribution is -2.40. The third kappa shape index (κ3) is 2.28. The Bertz CT molecular complexity index is 650. The molecule has 3 heterocycles. The van der Waals surface area contributed by atoms with E-state index < -0.39 is 0 Å². The number of nitrogens with zero attached hydrogens (tertiary/aromatic N) is 4. The average Bonchev–Trinajstić information content (AvgIpc) is 2.94. The normalized spacial score (nSPS) is 22.5. The van der Waals surface area contributed by atoms with E-state index in [1.54, 1.807) is 10.9 Å². The molecular weight excluding hydrogens is 280 g/mol. The highest BCUT2D eigenvalue weighted by molar-refractivity contribution is 5.40. The SMILES string of the molecule is Oc1c2c(nn1-c1ccccn1)CCCC2N1CCOCC1. The third-order valence-corrected chi connectivity index (χ3v) is 4.55. The highest BCUT2D eigenvalue weighted by Gasteiger charge is 2.33. The molecule has 1 aliphatic heterocycles. The van der Waals surface area contributed by atoms with Crippen molar-refractivity contribution in [3.63, 3.8) is 0 Å². The molecule has 0 radical (unpaired) electrons. The molecule has 1 atom stereocenters. The zero-order chi connectivity index (χ0) is 14.9. The van der Waals surface area contributed by atoms with Crippen molar-refractivity contribution in [1.29, 1.82) is 0 Å². The number of fused-ring (bicyclic) bond motifs is 1. The van der Waals surface area contributed by atoms with Crippen molar-refractivity contribution in [3.8, 4) is 11.7 Å². The quantitative estimate of drug-likeness (QED) is 0.914. The van der Waals surface area contributed by atoms with Crippen molar-refractivity contribution in [3.05, 3.63) is 35.7 Å². The summed E-state index contributed by atoms with van der Waals surface area (Å²) in [5, 5.41) is 15.3. The number of aromatic hydroxyl groups is 1. The first-order valence-corrected chi connectivity index (χ1v) is 7.88. The van der Waals surface area contributed by atoms with E-state index in [1.165, 1.54) is 0 Å². The van der Waals surface area contributed by atoms with Crippen LogP contribution in [-0.4, -0.2) is 51.1 Å². The molecule has 6 nitrogen and oxygen atoms in total. The second-order valence-electron chi connectivity index (χ2n) is 5.84. The van der Waals surface area contributed by atoms with Crippen LogP contribution in [-0.2, 0) is 11.2 Å². The molecule has 1 aliphatic carbocycles. The van der Waals surface area contributed by atoms with Crippen LogP contribution < -0.4 is 0 Å². The number of hydrogen-bond donors (Lipinski definition) is 1. The second-order valence-corrected chi connectivity index (χ2v) is 5.84. The fourth-order valence-corrected chi connectivity index (χ4v) is 3.49. The second kappa shape index (κ2) is 5.70. The van der Waals surface area contributed by atoms with Gasteiger partial charge in [0.2, 0.25) is 5.88 Å². The summed E-state index contributed by atoms with van der Waals surface area (Å²) in [6.45, 7) is 3.36. The molecule has 0 aromatic carbocycles. The minimum Gasteiger partial charge on any atom is -0.493 e. The number of rotatable bonds is 2. The number of aromatic nitrogens is 3. The van der Waals surface area contributed by atoms with Gasteiger partial charge in [-0.25, -0.2) is 4.98 Å². The van der Waals surface area contributed by atoms with E-state index in [0.717, 1.165) is 56.8 Å². The summed E-state index contributed by atoms with van der Waals surface area (Å²) in [4.78, 5) is 6.71. The zero-order valence-electron chi connectivity index (χ0n) is 12.5. The number of pyridine rings is 1. The minimum atomic E-state index is 0.241. The van der Waals surface area contributed by atoms with Crippen LogP contribution in [0.15, 0.2) is 24.4 Å². The monoisotopic (exact) mass is 300 g/mol. The van der Waals surface area contributed by atoms with Crippen molar-refractivity contribution in [2.45, 2.75) is 25.3 Å². The van der Waals surface area contributed by atoms with Crippen LogP contribution in [0.4, 0.5) is 0 Å². The largest absolute Gasteiger partial charge is 0.493 e. The third-order valence-electron chi connectivity index (χ3n) is 4.55. The first-order valence-electron chi connectivity index (χ1n) is 7.88. The van der Waals surface area contributed by atoms with Crippen LogP contribution in [0.1, 0.15) is 30.1 Å². The van der Waals surface area contributed by atoms with E-state index in [1.807, 2.05) is 18.2 Å². The molecule has 2 aromatic heterocycles. The predicted octanol–water partition coefficient (Wildman–Crippen LogP) is 1.68. The Labute approximate surface area is 129 Å². The first-order chi connectivity index (χ1) is 10.8. The van der Waals surface area contributed by atoms with Gasteiger partial charge in [0.1, 0.15) is 0 Å². The van der Waals surface area contributed by atoms with Crippen LogP contribution >= 0.6 is 0 Å². The molecule has 0 spiro atoms. The Morgan fingerprint density at radius 3 is 2.86 bits per heavy atom. The van der Waals surface area contributed by atoms with Gasteiger partial charge in [0.25, 0.3) is 0 Å². The molecule has 1 saturated heterocycles. The van der Waals surface area contributed by atoms with Crippen LogP contribution in [0.3, 0.4) is 0 Å². The molecule has 2 aromatic rings. The fourth-order valence-electron chi connectivity index (χ4n) is 3.49. The van der Waals surface area contributed by atoms with E-state index in [2.05, 4.69) is 15.0 Å². The Morgan fingerprint density at radius 2 is 2.09 bits per heavy atom. The van der Waals surface area contributed by atoms with E-state index in [9.17, 15) is 5.11 Å². The highest BCUT2D eigenvalue weighted by Crippen LogP contribution is 2.40. The Morgan fingerprint density at radius 1 is 1.23 bits per heavy atom. The van der Waals surface area contributed by atoms with Gasteiger partial charge in [0, 0.05) is 25.3 Å². The zero-order valence-corrected chi connectivity index (χ0v) is 12.5. The lowest BCUT2D eigenvalue weighted by molar-refractivity contribution is 0.0119. The van der Waals surface area contributed by atoms with Gasteiger partial charge in [0.15, 0.2) is 5.82 Å². The summed E-state index contributed by atoms with van der Waals surface area (Å²) in [7, 11) is 0. The molecule has 0 amide bonds. The topological polar surface area (TPSA) is 63.4 Å². The maximum Gasteiger partial charge on any atom is 0.220 e. The van der Waals surface area contributed by atoms with Crippen LogP contribution in [0, 0.1) is 0 Å². The predicted molar refractivity (Wildman–Crippen MR) is 81.1 cm³/mol. The lowest BCUT2D eigenvalue weighted by Gasteiger charge is -2.36. The molecule has 2 aliphatic rings. The van der Waals surface area contributed by atoms with Gasteiger partial charge in [-0.3, -0.25) is 4.90 Å². The molecule has 1 unspecified atom stereocenters. The van der Waals surface area contributed by atoms with E-state index in [-0.39, 0.29) is 11.9 Å². The van der Waals surface area contributed by atoms with Gasteiger partial charge in [-0.05, 0) is 31.4 Å². The fraction of sp³-hybridized carbons (Fsp3) is 0.500. The molecule has 1 N–H and O–H groups in total. The smallest absolute Gasteiger partial charge is 0.220 e. The van der Waals surface area contributed by atoms with Crippen molar-refractivity contribution in [2.24, 2.45) is 0 Å². The Kier molecular flexibility index (Phi) is 3.56. The van der Waals surface area contributed by atoms with Gasteiger partial charge >= 0.3 is 0 Å².